The summed E-state index contributed by atoms with van der Waals surface area (Å²) < 4.78 is 44.8. The lowest BCUT2D eigenvalue weighted by Crippen LogP contribution is -2.42. The monoisotopic (exact) mass is 449 g/mol. The number of halogens is 1. The first-order chi connectivity index (χ1) is 14.0. The molecule has 29 heavy (non-hydrogen) atoms. The second-order valence-electron chi connectivity index (χ2n) is 6.75. The molecule has 0 amide bonds. The van der Waals surface area contributed by atoms with Gasteiger partial charge in [-0.15, -0.1) is 11.3 Å². The van der Waals surface area contributed by atoms with Crippen LogP contribution < -0.4 is 18.5 Å². The zero-order chi connectivity index (χ0) is 19.8. The van der Waals surface area contributed by atoms with Gasteiger partial charge in [0.15, 0.2) is 10.5 Å². The summed E-state index contributed by atoms with van der Waals surface area (Å²) in [6.45, 7) is 0.0701. The van der Waals surface area contributed by atoms with Gasteiger partial charge in [0.05, 0.1) is 10.9 Å². The average Bonchev–Trinajstić information content (AvgIpc) is 3.45. The SMILES string of the molecule is O=S1(=O)N(Cc2ccc(Cl)s2)c2ncccc2C12COc1cc3c(nc12)OCO3. The van der Waals surface area contributed by atoms with Gasteiger partial charge in [0, 0.05) is 22.7 Å². The van der Waals surface area contributed by atoms with E-state index in [0.717, 1.165) is 4.88 Å². The van der Waals surface area contributed by atoms with Crippen molar-refractivity contribution in [2.45, 2.75) is 11.3 Å². The number of fused-ring (bicyclic) bond motifs is 5. The Balaban J connectivity index is 1.57. The number of thiophene rings is 1. The van der Waals surface area contributed by atoms with Crippen molar-refractivity contribution in [3.05, 3.63) is 57.0 Å². The molecule has 0 fully saturated rings. The molecule has 0 N–H and O–H groups in total. The first-order valence-corrected chi connectivity index (χ1v) is 11.3. The van der Waals surface area contributed by atoms with E-state index in [1.165, 1.54) is 15.6 Å². The third-order valence-corrected chi connectivity index (χ3v) is 8.77. The Kier molecular flexibility index (Phi) is 3.43. The fourth-order valence-electron chi connectivity index (χ4n) is 3.96. The highest BCUT2D eigenvalue weighted by Crippen LogP contribution is 2.56. The first-order valence-electron chi connectivity index (χ1n) is 8.66. The summed E-state index contributed by atoms with van der Waals surface area (Å²) in [5.74, 6) is 1.44. The Bertz CT molecular complexity index is 1280. The summed E-state index contributed by atoms with van der Waals surface area (Å²) in [6, 6.07) is 8.66. The molecule has 148 valence electrons. The largest absolute Gasteiger partial charge is 0.489 e. The van der Waals surface area contributed by atoms with Crippen LogP contribution in [0.15, 0.2) is 36.5 Å². The predicted octanol–water partition coefficient (Wildman–Crippen LogP) is 2.91. The van der Waals surface area contributed by atoms with Crippen LogP contribution in [0.5, 0.6) is 17.4 Å². The lowest BCUT2D eigenvalue weighted by Gasteiger charge is -2.23. The van der Waals surface area contributed by atoms with Crippen molar-refractivity contribution in [2.75, 3.05) is 17.7 Å². The smallest absolute Gasteiger partial charge is 0.260 e. The van der Waals surface area contributed by atoms with Gasteiger partial charge >= 0.3 is 0 Å². The molecule has 1 atom stereocenters. The molecule has 3 aromatic heterocycles. The highest BCUT2D eigenvalue weighted by atomic mass is 35.5. The van der Waals surface area contributed by atoms with Gasteiger partial charge in [0.2, 0.25) is 6.79 Å². The normalized spacial score (nSPS) is 22.6. The van der Waals surface area contributed by atoms with E-state index < -0.39 is 14.8 Å². The molecule has 0 aliphatic carbocycles. The van der Waals surface area contributed by atoms with Gasteiger partial charge in [-0.3, -0.25) is 0 Å². The molecule has 3 aliphatic rings. The molecule has 0 bridgehead atoms. The summed E-state index contributed by atoms with van der Waals surface area (Å²) in [6.07, 6.45) is 1.57. The number of hydrogen-bond acceptors (Lipinski definition) is 8. The van der Waals surface area contributed by atoms with Gasteiger partial charge < -0.3 is 14.2 Å². The minimum Gasteiger partial charge on any atom is -0.489 e. The van der Waals surface area contributed by atoms with Crippen molar-refractivity contribution < 1.29 is 22.6 Å². The Labute approximate surface area is 174 Å². The maximum absolute atomic E-state index is 13.9. The van der Waals surface area contributed by atoms with Crippen LogP contribution in [0, 0.1) is 0 Å². The fraction of sp³-hybridized carbons (Fsp3) is 0.222. The number of anilines is 1. The second-order valence-corrected chi connectivity index (χ2v) is 10.6. The van der Waals surface area contributed by atoms with E-state index in [0.29, 0.717) is 32.9 Å². The number of sulfonamides is 1. The van der Waals surface area contributed by atoms with E-state index in [2.05, 4.69) is 9.97 Å². The van der Waals surface area contributed by atoms with Crippen molar-refractivity contribution >= 4 is 38.8 Å². The lowest BCUT2D eigenvalue weighted by molar-refractivity contribution is 0.170. The second kappa shape index (κ2) is 5.74. The number of pyridine rings is 2. The molecule has 1 unspecified atom stereocenters. The van der Waals surface area contributed by atoms with E-state index in [9.17, 15) is 8.42 Å². The summed E-state index contributed by atoms with van der Waals surface area (Å²) in [5.41, 5.74) is 0.829. The molecule has 1 spiro atoms. The van der Waals surface area contributed by atoms with E-state index in [1.807, 2.05) is 6.07 Å². The van der Waals surface area contributed by atoms with Crippen LogP contribution in [0.1, 0.15) is 16.1 Å². The van der Waals surface area contributed by atoms with Crippen LogP contribution in [0.4, 0.5) is 5.82 Å². The number of ether oxygens (including phenoxy) is 3. The summed E-state index contributed by atoms with van der Waals surface area (Å²) in [5, 5.41) is 0. The molecule has 3 aromatic rings. The maximum Gasteiger partial charge on any atom is 0.260 e. The minimum atomic E-state index is -3.96. The van der Waals surface area contributed by atoms with Crippen molar-refractivity contribution in [3.63, 3.8) is 0 Å². The first kappa shape index (κ1) is 17.3. The molecule has 0 saturated heterocycles. The average molecular weight is 450 g/mol. The quantitative estimate of drug-likeness (QED) is 0.594. The van der Waals surface area contributed by atoms with E-state index in [-0.39, 0.29) is 25.8 Å². The van der Waals surface area contributed by atoms with E-state index >= 15 is 0 Å². The number of nitrogens with zero attached hydrogens (tertiary/aromatic N) is 3. The molecule has 0 radical (unpaired) electrons. The van der Waals surface area contributed by atoms with Crippen LogP contribution in [0.3, 0.4) is 0 Å². The number of hydrogen-bond donors (Lipinski definition) is 0. The third kappa shape index (κ3) is 2.16. The molecule has 8 nitrogen and oxygen atoms in total. The standard InChI is InChI=1S/C18H12ClN3O5S2/c19-14-4-3-10(28-14)7-22-16-11(2-1-5-20-16)18(29(22,23)24)8-25-12-6-13-17(21-15(12)18)27-9-26-13/h1-6H,7-9H2. The third-order valence-electron chi connectivity index (χ3n) is 5.26. The molecule has 6 heterocycles. The van der Waals surface area contributed by atoms with Gasteiger partial charge in [-0.05, 0) is 18.2 Å². The van der Waals surface area contributed by atoms with E-state index in [1.54, 1.807) is 30.5 Å². The zero-order valence-corrected chi connectivity index (χ0v) is 17.1. The number of rotatable bonds is 2. The van der Waals surface area contributed by atoms with Gasteiger partial charge in [0.1, 0.15) is 23.9 Å². The Morgan fingerprint density at radius 1 is 1.21 bits per heavy atom. The van der Waals surface area contributed by atoms with Crippen molar-refractivity contribution in [1.29, 1.82) is 0 Å². The summed E-state index contributed by atoms with van der Waals surface area (Å²) in [7, 11) is -3.96. The van der Waals surface area contributed by atoms with Crippen molar-refractivity contribution in [1.82, 2.24) is 9.97 Å². The molecule has 11 heteroatoms. The van der Waals surface area contributed by atoms with Crippen molar-refractivity contribution in [2.24, 2.45) is 0 Å². The molecule has 0 aromatic carbocycles. The van der Waals surface area contributed by atoms with Gasteiger partial charge in [-0.25, -0.2) is 22.7 Å². The molecule has 0 saturated carbocycles. The highest BCUT2D eigenvalue weighted by Gasteiger charge is 2.64. The summed E-state index contributed by atoms with van der Waals surface area (Å²) >= 11 is 7.37. The Morgan fingerprint density at radius 3 is 2.93 bits per heavy atom. The number of aromatic nitrogens is 2. The highest BCUT2D eigenvalue weighted by molar-refractivity contribution is 7.94. The van der Waals surface area contributed by atoms with Gasteiger partial charge in [0.25, 0.3) is 15.9 Å². The van der Waals surface area contributed by atoms with Gasteiger partial charge in [-0.2, -0.15) is 0 Å². The minimum absolute atomic E-state index is 0.0361. The molecular formula is C18H12ClN3O5S2. The predicted molar refractivity (Wildman–Crippen MR) is 105 cm³/mol. The Hall–Kier alpha value is -2.56. The molecule has 3 aliphatic heterocycles. The van der Waals surface area contributed by atoms with E-state index in [4.69, 9.17) is 25.8 Å². The van der Waals surface area contributed by atoms with Crippen LogP contribution >= 0.6 is 22.9 Å². The van der Waals surface area contributed by atoms with Crippen LogP contribution in [-0.2, 0) is 21.3 Å². The van der Waals surface area contributed by atoms with Crippen LogP contribution in [0.25, 0.3) is 0 Å². The fourth-order valence-corrected chi connectivity index (χ4v) is 7.21. The Morgan fingerprint density at radius 2 is 2.10 bits per heavy atom. The molecular weight excluding hydrogens is 438 g/mol. The van der Waals surface area contributed by atoms with Crippen LogP contribution in [0.2, 0.25) is 4.34 Å². The summed E-state index contributed by atoms with van der Waals surface area (Å²) in [4.78, 5) is 9.68. The zero-order valence-electron chi connectivity index (χ0n) is 14.7. The maximum atomic E-state index is 13.9. The lowest BCUT2D eigenvalue weighted by atomic mass is 9.96. The van der Waals surface area contributed by atoms with Crippen molar-refractivity contribution in [3.8, 4) is 17.4 Å². The molecule has 6 rings (SSSR count). The van der Waals surface area contributed by atoms with Gasteiger partial charge in [-0.1, -0.05) is 17.7 Å². The van der Waals surface area contributed by atoms with Crippen LogP contribution in [-0.4, -0.2) is 31.8 Å². The topological polar surface area (TPSA) is 90.9 Å².